The summed E-state index contributed by atoms with van der Waals surface area (Å²) in [5, 5.41) is 12.3. The van der Waals surface area contributed by atoms with Gasteiger partial charge in [-0.1, -0.05) is 0 Å². The summed E-state index contributed by atoms with van der Waals surface area (Å²) in [6.07, 6.45) is -3.69. The van der Waals surface area contributed by atoms with Crippen LogP contribution in [0, 0.1) is 18.8 Å². The predicted molar refractivity (Wildman–Crippen MR) is 108 cm³/mol. The highest BCUT2D eigenvalue weighted by atomic mass is 32.1. The van der Waals surface area contributed by atoms with Crippen LogP contribution >= 0.6 is 11.5 Å². The monoisotopic (exact) mass is 454 g/mol. The van der Waals surface area contributed by atoms with Crippen molar-refractivity contribution in [1.82, 2.24) is 29.3 Å². The molecule has 2 aliphatic heterocycles. The van der Waals surface area contributed by atoms with Crippen LogP contribution in [0.3, 0.4) is 0 Å². The SMILES string of the molecule is Cc1cc(N2CC3CN[C@@H](Nc4nc5c(O[C@@H](C)C(F)(F)F)nccn5n4)[C@@H]3C2)sn1. The van der Waals surface area contributed by atoms with Crippen molar-refractivity contribution < 1.29 is 17.9 Å². The van der Waals surface area contributed by atoms with Crippen LogP contribution in [0.25, 0.3) is 5.65 Å². The van der Waals surface area contributed by atoms with Crippen molar-refractivity contribution in [3.63, 3.8) is 0 Å². The van der Waals surface area contributed by atoms with E-state index in [9.17, 15) is 13.2 Å². The Morgan fingerprint density at radius 3 is 2.94 bits per heavy atom. The number of halogens is 3. The molecular weight excluding hydrogens is 433 g/mol. The zero-order valence-electron chi connectivity index (χ0n) is 16.8. The van der Waals surface area contributed by atoms with Crippen molar-refractivity contribution >= 4 is 28.1 Å². The molecule has 0 radical (unpaired) electrons. The van der Waals surface area contributed by atoms with Gasteiger partial charge in [0.25, 0.3) is 5.88 Å². The maximum Gasteiger partial charge on any atom is 0.425 e. The van der Waals surface area contributed by atoms with Crippen LogP contribution in [0.2, 0.25) is 0 Å². The van der Waals surface area contributed by atoms with Crippen molar-refractivity contribution in [2.45, 2.75) is 32.3 Å². The van der Waals surface area contributed by atoms with Gasteiger partial charge in [-0.05, 0) is 37.4 Å². The van der Waals surface area contributed by atoms with Crippen molar-refractivity contribution in [2.75, 3.05) is 29.9 Å². The second-order valence-electron chi connectivity index (χ2n) is 7.90. The Morgan fingerprint density at radius 1 is 1.35 bits per heavy atom. The molecular formula is C18H21F3N8OS. The Kier molecular flexibility index (Phi) is 4.88. The van der Waals surface area contributed by atoms with Crippen molar-refractivity contribution in [3.8, 4) is 5.88 Å². The fourth-order valence-electron chi connectivity index (χ4n) is 4.07. The molecule has 166 valence electrons. The molecule has 3 aromatic heterocycles. The lowest BCUT2D eigenvalue weighted by Gasteiger charge is -2.21. The van der Waals surface area contributed by atoms with Gasteiger partial charge in [0.05, 0.1) is 11.9 Å². The molecule has 2 fully saturated rings. The molecule has 2 saturated heterocycles. The highest BCUT2D eigenvalue weighted by Gasteiger charge is 2.43. The molecule has 13 heteroatoms. The number of aromatic nitrogens is 5. The van der Waals surface area contributed by atoms with Crippen LogP contribution in [0.15, 0.2) is 18.5 Å². The number of hydrogen-bond donors (Lipinski definition) is 2. The third-order valence-electron chi connectivity index (χ3n) is 5.70. The van der Waals surface area contributed by atoms with Gasteiger partial charge in [0.15, 0.2) is 6.10 Å². The first-order valence-corrected chi connectivity index (χ1v) is 10.7. The van der Waals surface area contributed by atoms with Gasteiger partial charge in [0, 0.05) is 37.9 Å². The number of aryl methyl sites for hydroxylation is 1. The summed E-state index contributed by atoms with van der Waals surface area (Å²) in [5.41, 5.74) is 1.15. The third-order valence-corrected chi connectivity index (χ3v) is 6.65. The van der Waals surface area contributed by atoms with E-state index < -0.39 is 12.3 Å². The second kappa shape index (κ2) is 7.48. The molecule has 0 bridgehead atoms. The Morgan fingerprint density at radius 2 is 2.19 bits per heavy atom. The molecule has 0 spiro atoms. The largest absolute Gasteiger partial charge is 0.462 e. The van der Waals surface area contributed by atoms with E-state index in [4.69, 9.17) is 4.74 Å². The van der Waals surface area contributed by atoms with Gasteiger partial charge in [0.1, 0.15) is 5.00 Å². The zero-order chi connectivity index (χ0) is 21.8. The van der Waals surface area contributed by atoms with E-state index in [2.05, 4.69) is 41.0 Å². The number of ether oxygens (including phenoxy) is 1. The van der Waals surface area contributed by atoms with Crippen molar-refractivity contribution in [1.29, 1.82) is 0 Å². The average Bonchev–Trinajstić information content (AvgIpc) is 3.45. The highest BCUT2D eigenvalue weighted by molar-refractivity contribution is 7.10. The zero-order valence-corrected chi connectivity index (χ0v) is 17.6. The van der Waals surface area contributed by atoms with E-state index in [0.29, 0.717) is 17.8 Å². The number of anilines is 2. The third kappa shape index (κ3) is 3.87. The van der Waals surface area contributed by atoms with E-state index in [1.165, 1.54) is 33.4 Å². The minimum absolute atomic E-state index is 0.0483. The Balaban J connectivity index is 1.31. The maximum atomic E-state index is 12.9. The average molecular weight is 454 g/mol. The van der Waals surface area contributed by atoms with Gasteiger partial charge in [-0.15, -0.1) is 5.10 Å². The first-order valence-electron chi connectivity index (χ1n) is 9.91. The summed E-state index contributed by atoms with van der Waals surface area (Å²) in [7, 11) is 0. The molecule has 0 aliphatic carbocycles. The fraction of sp³-hybridized carbons (Fsp3) is 0.556. The molecule has 2 N–H and O–H groups in total. The standard InChI is InChI=1S/C18H21F3N8OS/c1-9-5-13(31-27-9)28-7-11-6-23-14(12(11)8-28)24-17-25-15-16(22-3-4-29(15)26-17)30-10(2)18(19,20)21/h3-5,10-12,14,23H,6-8H2,1-2H3,(H,24,26)/t10-,11?,12+,14-/m0/s1. The lowest BCUT2D eigenvalue weighted by molar-refractivity contribution is -0.189. The molecule has 1 unspecified atom stereocenters. The number of rotatable bonds is 5. The van der Waals surface area contributed by atoms with Crippen LogP contribution < -0.4 is 20.3 Å². The maximum absolute atomic E-state index is 12.9. The summed E-state index contributed by atoms with van der Waals surface area (Å²) in [5.74, 6) is 0.915. The summed E-state index contributed by atoms with van der Waals surface area (Å²) >= 11 is 1.51. The summed E-state index contributed by atoms with van der Waals surface area (Å²) in [4.78, 5) is 10.6. The van der Waals surface area contributed by atoms with Gasteiger partial charge >= 0.3 is 6.18 Å². The first-order chi connectivity index (χ1) is 14.8. The highest BCUT2D eigenvalue weighted by Crippen LogP contribution is 2.36. The van der Waals surface area contributed by atoms with E-state index >= 15 is 0 Å². The molecule has 5 heterocycles. The summed E-state index contributed by atoms with van der Waals surface area (Å²) in [6, 6.07) is 2.10. The van der Waals surface area contributed by atoms with Crippen LogP contribution in [-0.4, -0.2) is 62.0 Å². The molecule has 31 heavy (non-hydrogen) atoms. The van der Waals surface area contributed by atoms with Crippen molar-refractivity contribution in [3.05, 3.63) is 24.2 Å². The van der Waals surface area contributed by atoms with Gasteiger partial charge < -0.3 is 15.0 Å². The Bertz CT molecular complexity index is 1090. The number of nitrogens with one attached hydrogen (secondary N) is 2. The van der Waals surface area contributed by atoms with E-state index in [1.807, 2.05) is 6.92 Å². The molecule has 0 aromatic carbocycles. The van der Waals surface area contributed by atoms with Crippen LogP contribution in [0.4, 0.5) is 24.1 Å². The van der Waals surface area contributed by atoms with Crippen molar-refractivity contribution in [2.24, 2.45) is 11.8 Å². The molecule has 4 atom stereocenters. The van der Waals surface area contributed by atoms with Gasteiger partial charge in [-0.25, -0.2) is 9.50 Å². The minimum Gasteiger partial charge on any atom is -0.462 e. The minimum atomic E-state index is -4.50. The van der Waals surface area contributed by atoms with E-state index in [0.717, 1.165) is 32.3 Å². The number of alkyl halides is 3. The number of nitrogens with zero attached hydrogens (tertiary/aromatic N) is 6. The van der Waals surface area contributed by atoms with Gasteiger partial charge in [-0.2, -0.15) is 22.5 Å². The number of fused-ring (bicyclic) bond motifs is 2. The first kappa shape index (κ1) is 20.2. The molecule has 0 saturated carbocycles. The topological polar surface area (TPSA) is 92.5 Å². The fourth-order valence-corrected chi connectivity index (χ4v) is 4.85. The Labute approximate surface area is 179 Å². The lowest BCUT2D eigenvalue weighted by Crippen LogP contribution is -2.38. The lowest BCUT2D eigenvalue weighted by atomic mass is 9.98. The quantitative estimate of drug-likeness (QED) is 0.607. The second-order valence-corrected chi connectivity index (χ2v) is 8.69. The molecule has 5 rings (SSSR count). The predicted octanol–water partition coefficient (Wildman–Crippen LogP) is 2.31. The van der Waals surface area contributed by atoms with Crippen LogP contribution in [0.5, 0.6) is 5.88 Å². The van der Waals surface area contributed by atoms with Crippen LogP contribution in [0.1, 0.15) is 12.6 Å². The number of hydrogen-bond acceptors (Lipinski definition) is 9. The molecule has 2 aliphatic rings. The molecule has 9 nitrogen and oxygen atoms in total. The normalized spacial score (nSPS) is 24.5. The van der Waals surface area contributed by atoms with E-state index in [-0.39, 0.29) is 17.7 Å². The van der Waals surface area contributed by atoms with Gasteiger partial charge in [-0.3, -0.25) is 5.32 Å². The van der Waals surface area contributed by atoms with Gasteiger partial charge in [0.2, 0.25) is 11.6 Å². The molecule has 0 amide bonds. The van der Waals surface area contributed by atoms with Crippen LogP contribution in [-0.2, 0) is 0 Å². The smallest absolute Gasteiger partial charge is 0.425 e. The molecule has 3 aromatic rings. The Hall–Kier alpha value is -2.67. The summed E-state index contributed by atoms with van der Waals surface area (Å²) < 4.78 is 49.3. The summed E-state index contributed by atoms with van der Waals surface area (Å²) in [6.45, 7) is 5.61. The van der Waals surface area contributed by atoms with E-state index in [1.54, 1.807) is 0 Å².